The Balaban J connectivity index is -0.0000000333. The van der Waals surface area contributed by atoms with Gasteiger partial charge in [0.15, 0.2) is 0 Å². The van der Waals surface area contributed by atoms with Crippen LogP contribution >= 0.6 is 11.3 Å². The van der Waals surface area contributed by atoms with Gasteiger partial charge in [0, 0.05) is 49.6 Å². The molecule has 0 spiro atoms. The lowest BCUT2D eigenvalue weighted by molar-refractivity contribution is 0.567. The van der Waals surface area contributed by atoms with Crippen LogP contribution in [0.1, 0.15) is 328 Å². The molecular formula is C88H179N7OS. The summed E-state index contributed by atoms with van der Waals surface area (Å²) in [6, 6.07) is 44.3. The Labute approximate surface area is 619 Å². The molecule has 0 fully saturated rings. The molecule has 6 heterocycles. The fourth-order valence-electron chi connectivity index (χ4n) is 3.74. The Morgan fingerprint density at radius 3 is 0.577 bits per heavy atom. The molecule has 6 aromatic heterocycles. The molecule has 8 nitrogen and oxygen atoms in total. The zero-order valence-corrected chi connectivity index (χ0v) is 75.4. The first-order valence-corrected chi connectivity index (χ1v) is 39.7. The Morgan fingerprint density at radius 1 is 0.237 bits per heavy atom. The highest BCUT2D eigenvalue weighted by atomic mass is 32.1. The number of fused-ring (bicyclic) bond motifs is 1. The van der Waals surface area contributed by atoms with Crippen LogP contribution in [-0.2, 0) is 0 Å². The summed E-state index contributed by atoms with van der Waals surface area (Å²) < 4.78 is 4.58. The van der Waals surface area contributed by atoms with E-state index in [0.717, 1.165) is 17.5 Å². The fourth-order valence-corrected chi connectivity index (χ4v) is 4.20. The normalized spacial score (nSPS) is 6.14. The fraction of sp³-hybridized carbons (Fsp3) is 0.545. The molecule has 0 aliphatic rings. The predicted octanol–water partition coefficient (Wildman–Crippen LogP) is 33.8. The lowest BCUT2D eigenvalue weighted by atomic mass is 10.1. The number of benzene rings is 3. The maximum absolute atomic E-state index is 4.58. The molecule has 0 bridgehead atoms. The molecule has 0 saturated carbocycles. The van der Waals surface area contributed by atoms with Crippen LogP contribution in [-0.4, -0.2) is 34.9 Å². The summed E-state index contributed by atoms with van der Waals surface area (Å²) in [6.45, 7) is 95.7. The topological polar surface area (TPSA) is 106 Å². The summed E-state index contributed by atoms with van der Waals surface area (Å²) in [5.74, 6) is 2.38. The van der Waals surface area contributed by atoms with E-state index in [1.54, 1.807) is 61.0 Å². The Bertz CT molecular complexity index is 1700. The average Bonchev–Trinajstić information content (AvgIpc) is 3.74. The SMILES string of the molecule is CC.CC.CC.CC.CC.CC.CC.CC.CC.CC.CC.CC.CC.CC.CC.CC.CC.CC.CC.CC.CC.CC.Cc1ccccc1.Cc1nc(C)nc(C)n1.c1cc[nH]c1.c1ccc2ccccc2c1.c1ccncc1.c1ccoc1.c1ccsc1.c1cnccn1. The van der Waals surface area contributed by atoms with E-state index >= 15 is 0 Å². The number of hydrogen-bond acceptors (Lipinski definition) is 8. The second-order valence-corrected chi connectivity index (χ2v) is 11.2. The zero-order chi connectivity index (χ0) is 81.9. The highest BCUT2D eigenvalue weighted by Gasteiger charge is 1.92. The summed E-state index contributed by atoms with van der Waals surface area (Å²) in [5.41, 5.74) is 1.32. The van der Waals surface area contributed by atoms with Crippen molar-refractivity contribution >= 4 is 22.1 Å². The standard InChI is InChI=1S/C10H8.C7H8.C6H9N3.C5H5N.C4H4N2.C4H5N.C4H4O.C4H4S.22C2H6/c1-2-6-10-8-4-3-7-9(10)5-1;1-7-5-3-2-4-6-7;1-4-7-5(2)9-6(3)8-4;1-2-4-6-5-3-1;1-2-6-4-3-5-1;3*1-2-4-5-3-1;22*1-2/h1-8H;2-6H,1H3;1-3H3;1-5H;1-4H;1-5H;2*1-4H;22*1-2H3. The number of hydrogen-bond donors (Lipinski definition) is 1. The first kappa shape index (κ1) is 150. The summed E-state index contributed by atoms with van der Waals surface area (Å²) >= 11 is 1.71. The van der Waals surface area contributed by atoms with Crippen molar-refractivity contribution in [3.05, 3.63) is 229 Å². The van der Waals surface area contributed by atoms with Crippen LogP contribution < -0.4 is 0 Å². The Morgan fingerprint density at radius 2 is 0.454 bits per heavy atom. The summed E-state index contributed by atoms with van der Waals surface area (Å²) in [5, 5.41) is 6.70. The van der Waals surface area contributed by atoms with Gasteiger partial charge in [0.25, 0.3) is 0 Å². The molecule has 578 valence electrons. The minimum absolute atomic E-state index is 0.792. The third-order valence-electron chi connectivity index (χ3n) is 5.96. The number of aryl methyl sites for hydroxylation is 4. The maximum Gasteiger partial charge on any atom is 0.129 e. The predicted molar refractivity (Wildman–Crippen MR) is 469 cm³/mol. The van der Waals surface area contributed by atoms with Crippen molar-refractivity contribution in [2.45, 2.75) is 332 Å². The van der Waals surface area contributed by atoms with Gasteiger partial charge in [-0.05, 0) is 85.6 Å². The lowest BCUT2D eigenvalue weighted by Crippen LogP contribution is -1.97. The molecule has 97 heavy (non-hydrogen) atoms. The third kappa shape index (κ3) is 200. The number of furan rings is 1. The van der Waals surface area contributed by atoms with Crippen molar-refractivity contribution in [1.29, 1.82) is 0 Å². The van der Waals surface area contributed by atoms with E-state index < -0.39 is 0 Å². The van der Waals surface area contributed by atoms with E-state index in [4.69, 9.17) is 0 Å². The Hall–Kier alpha value is -6.58. The van der Waals surface area contributed by atoms with E-state index in [-0.39, 0.29) is 0 Å². The van der Waals surface area contributed by atoms with E-state index in [1.807, 2.05) is 421 Å². The molecule has 9 aromatic rings. The van der Waals surface area contributed by atoms with Crippen LogP contribution in [0.5, 0.6) is 0 Å². The molecule has 0 unspecified atom stereocenters. The van der Waals surface area contributed by atoms with Crippen LogP contribution in [0.4, 0.5) is 0 Å². The number of aromatic amines is 1. The molecule has 0 saturated heterocycles. The van der Waals surface area contributed by atoms with Gasteiger partial charge in [-0.25, -0.2) is 15.0 Å². The van der Waals surface area contributed by atoms with E-state index in [1.165, 1.54) is 16.3 Å². The van der Waals surface area contributed by atoms with Gasteiger partial charge < -0.3 is 9.40 Å². The number of rotatable bonds is 0. The van der Waals surface area contributed by atoms with Gasteiger partial charge in [0.2, 0.25) is 0 Å². The first-order valence-electron chi connectivity index (χ1n) is 38.7. The second kappa shape index (κ2) is 236. The average molecular weight is 1380 g/mol. The second-order valence-electron chi connectivity index (χ2n) is 10.4. The smallest absolute Gasteiger partial charge is 0.129 e. The van der Waals surface area contributed by atoms with E-state index in [0.29, 0.717) is 0 Å². The Kier molecular flexibility index (Phi) is 365. The van der Waals surface area contributed by atoms with E-state index in [9.17, 15) is 0 Å². The van der Waals surface area contributed by atoms with Crippen LogP contribution in [0.25, 0.3) is 10.8 Å². The van der Waals surface area contributed by atoms with Crippen LogP contribution in [0.2, 0.25) is 0 Å². The number of nitrogens with zero attached hydrogens (tertiary/aromatic N) is 6. The molecule has 0 atom stereocenters. The molecule has 0 aliphatic heterocycles. The van der Waals surface area contributed by atoms with E-state index in [2.05, 4.69) is 107 Å². The van der Waals surface area contributed by atoms with Crippen molar-refractivity contribution in [3.8, 4) is 0 Å². The minimum Gasteiger partial charge on any atom is -0.473 e. The first-order chi connectivity index (χ1) is 48.0. The molecule has 0 aliphatic carbocycles. The van der Waals surface area contributed by atoms with Gasteiger partial charge in [0.1, 0.15) is 17.5 Å². The van der Waals surface area contributed by atoms with Gasteiger partial charge in [-0.3, -0.25) is 15.0 Å². The van der Waals surface area contributed by atoms with Crippen molar-refractivity contribution < 1.29 is 4.42 Å². The summed E-state index contributed by atoms with van der Waals surface area (Å²) in [4.78, 5) is 26.1. The number of pyridine rings is 1. The summed E-state index contributed by atoms with van der Waals surface area (Å²) in [7, 11) is 0. The van der Waals surface area contributed by atoms with Crippen LogP contribution in [0.15, 0.2) is 211 Å². The molecule has 1 N–H and O–H groups in total. The van der Waals surface area contributed by atoms with Gasteiger partial charge in [-0.15, -0.1) is 0 Å². The summed E-state index contributed by atoms with van der Waals surface area (Å²) in [6.07, 6.45) is 17.1. The third-order valence-corrected chi connectivity index (χ3v) is 6.59. The van der Waals surface area contributed by atoms with Crippen molar-refractivity contribution in [3.63, 3.8) is 0 Å². The minimum atomic E-state index is 0.792. The van der Waals surface area contributed by atoms with Gasteiger partial charge in [0.05, 0.1) is 12.5 Å². The largest absolute Gasteiger partial charge is 0.473 e. The van der Waals surface area contributed by atoms with Crippen molar-refractivity contribution in [2.75, 3.05) is 0 Å². The molecule has 3 aromatic carbocycles. The lowest BCUT2D eigenvalue weighted by Gasteiger charge is -1.94. The number of nitrogens with one attached hydrogen (secondary N) is 1. The van der Waals surface area contributed by atoms with Crippen LogP contribution in [0, 0.1) is 27.7 Å². The molecule has 9 rings (SSSR count). The van der Waals surface area contributed by atoms with Crippen LogP contribution in [0.3, 0.4) is 0 Å². The zero-order valence-electron chi connectivity index (χ0n) is 74.6. The van der Waals surface area contributed by atoms with Gasteiger partial charge in [-0.1, -0.05) is 407 Å². The number of H-pyrrole nitrogens is 1. The number of aromatic nitrogens is 7. The molecule has 0 radical (unpaired) electrons. The quantitative estimate of drug-likeness (QED) is 0.161. The monoisotopic (exact) mass is 1380 g/mol. The molecule has 9 heteroatoms. The highest BCUT2D eigenvalue weighted by molar-refractivity contribution is 7.07. The van der Waals surface area contributed by atoms with Gasteiger partial charge >= 0.3 is 0 Å². The highest BCUT2D eigenvalue weighted by Crippen LogP contribution is 2.11. The molecule has 0 amide bonds. The maximum atomic E-state index is 4.58. The molecular weight excluding hydrogens is 1200 g/mol. The van der Waals surface area contributed by atoms with Crippen molar-refractivity contribution in [2.24, 2.45) is 0 Å². The van der Waals surface area contributed by atoms with Gasteiger partial charge in [-0.2, -0.15) is 11.3 Å². The number of thiophene rings is 1. The van der Waals surface area contributed by atoms with Crippen molar-refractivity contribution in [1.82, 2.24) is 34.9 Å².